The van der Waals surface area contributed by atoms with Gasteiger partial charge in [-0.3, -0.25) is 4.79 Å². The largest absolute Gasteiger partial charge is 0.496 e. The number of hydrogen-bond donors (Lipinski definition) is 1. The lowest BCUT2D eigenvalue weighted by molar-refractivity contribution is -0.123. The molecule has 2 aromatic rings. The lowest BCUT2D eigenvalue weighted by Crippen LogP contribution is -2.36. The van der Waals surface area contributed by atoms with E-state index < -0.39 is 0 Å². The number of carbonyl (C=O) groups excluding carboxylic acids is 1. The number of benzene rings is 2. The van der Waals surface area contributed by atoms with Crippen LogP contribution in [0.1, 0.15) is 50.3 Å². The maximum Gasteiger partial charge on any atom is 0.230 e. The molecular formula is C23H29NO2. The van der Waals surface area contributed by atoms with Crippen LogP contribution in [-0.4, -0.2) is 19.6 Å². The predicted molar refractivity (Wildman–Crippen MR) is 106 cm³/mol. The Kier molecular flexibility index (Phi) is 5.08. The van der Waals surface area contributed by atoms with Crippen LogP contribution in [0.25, 0.3) is 0 Å². The van der Waals surface area contributed by atoms with E-state index >= 15 is 0 Å². The van der Waals surface area contributed by atoms with Crippen LogP contribution in [0, 0.1) is 0 Å². The molecule has 3 rings (SSSR count). The summed E-state index contributed by atoms with van der Waals surface area (Å²) < 4.78 is 5.38. The highest BCUT2D eigenvalue weighted by atomic mass is 16.5. The van der Waals surface area contributed by atoms with Crippen LogP contribution in [0.2, 0.25) is 0 Å². The number of methoxy groups -OCH3 is 1. The molecule has 1 aliphatic rings. The van der Waals surface area contributed by atoms with E-state index in [1.165, 1.54) is 5.56 Å². The third kappa shape index (κ3) is 3.77. The quantitative estimate of drug-likeness (QED) is 0.838. The van der Waals surface area contributed by atoms with Crippen LogP contribution in [0.4, 0.5) is 0 Å². The normalized spacial score (nSPS) is 15.4. The number of ether oxygens (including phenoxy) is 1. The molecule has 1 aliphatic carbocycles. The van der Waals surface area contributed by atoms with Gasteiger partial charge in [0.1, 0.15) is 5.75 Å². The van der Waals surface area contributed by atoms with E-state index in [0.29, 0.717) is 6.54 Å². The van der Waals surface area contributed by atoms with Crippen LogP contribution in [0.15, 0.2) is 48.5 Å². The molecule has 0 bridgehead atoms. The summed E-state index contributed by atoms with van der Waals surface area (Å²) in [5.74, 6) is 1.02. The summed E-state index contributed by atoms with van der Waals surface area (Å²) in [7, 11) is 1.68. The fraction of sp³-hybridized carbons (Fsp3) is 0.435. The molecule has 0 spiro atoms. The predicted octanol–water partition coefficient (Wildman–Crippen LogP) is 4.38. The molecule has 0 saturated heterocycles. The van der Waals surface area contributed by atoms with Gasteiger partial charge in [0.05, 0.1) is 12.5 Å². The minimum absolute atomic E-state index is 0.131. The van der Waals surface area contributed by atoms with Crippen molar-refractivity contribution in [3.8, 4) is 5.75 Å². The maximum absolute atomic E-state index is 12.8. The highest BCUT2D eigenvalue weighted by Gasteiger charge is 2.51. The van der Waals surface area contributed by atoms with Gasteiger partial charge in [-0.05, 0) is 47.4 Å². The first kappa shape index (κ1) is 18.5. The highest BCUT2D eigenvalue weighted by molar-refractivity contribution is 5.91. The van der Waals surface area contributed by atoms with Crippen molar-refractivity contribution in [2.24, 2.45) is 0 Å². The maximum atomic E-state index is 12.8. The van der Waals surface area contributed by atoms with Crippen molar-refractivity contribution in [3.63, 3.8) is 0 Å². The molecule has 1 amide bonds. The summed E-state index contributed by atoms with van der Waals surface area (Å²) in [5, 5.41) is 3.13. The Morgan fingerprint density at radius 1 is 1.08 bits per heavy atom. The number of nitrogens with one attached hydrogen (secondary N) is 1. The Labute approximate surface area is 156 Å². The molecule has 3 nitrogen and oxygen atoms in total. The number of hydrogen-bond acceptors (Lipinski definition) is 2. The van der Waals surface area contributed by atoms with Crippen LogP contribution < -0.4 is 10.1 Å². The molecule has 1 fully saturated rings. The third-order valence-corrected chi connectivity index (χ3v) is 5.36. The molecule has 1 saturated carbocycles. The highest BCUT2D eigenvalue weighted by Crippen LogP contribution is 2.48. The first-order valence-electron chi connectivity index (χ1n) is 9.38. The number of para-hydroxylation sites is 1. The molecule has 0 radical (unpaired) electrons. The second-order valence-corrected chi connectivity index (χ2v) is 8.23. The Hall–Kier alpha value is -2.29. The SMILES string of the molecule is COc1ccccc1CCNC(=O)C1(c2ccc(C(C)(C)C)cc2)CC1. The lowest BCUT2D eigenvalue weighted by atomic mass is 9.85. The smallest absolute Gasteiger partial charge is 0.230 e. The second-order valence-electron chi connectivity index (χ2n) is 8.23. The fourth-order valence-corrected chi connectivity index (χ4v) is 3.45. The van der Waals surface area contributed by atoms with Crippen molar-refractivity contribution < 1.29 is 9.53 Å². The second kappa shape index (κ2) is 7.14. The summed E-state index contributed by atoms with van der Waals surface area (Å²) in [6.45, 7) is 7.25. The minimum atomic E-state index is -0.322. The van der Waals surface area contributed by atoms with E-state index in [0.717, 1.165) is 36.1 Å². The van der Waals surface area contributed by atoms with Gasteiger partial charge < -0.3 is 10.1 Å². The number of amides is 1. The molecular weight excluding hydrogens is 322 g/mol. The Bertz CT molecular complexity index is 768. The standard InChI is InChI=1S/C23H29NO2/c1-22(2,3)18-9-11-19(12-10-18)23(14-15-23)21(25)24-16-13-17-7-5-6-8-20(17)26-4/h5-12H,13-16H2,1-4H3,(H,24,25). The summed E-state index contributed by atoms with van der Waals surface area (Å²) in [6.07, 6.45) is 2.64. The van der Waals surface area contributed by atoms with Gasteiger partial charge in [-0.1, -0.05) is 63.2 Å². The van der Waals surface area contributed by atoms with Gasteiger partial charge in [0, 0.05) is 6.54 Å². The van der Waals surface area contributed by atoms with Crippen molar-refractivity contribution in [2.75, 3.05) is 13.7 Å². The Morgan fingerprint density at radius 3 is 2.31 bits per heavy atom. The summed E-state index contributed by atoms with van der Waals surface area (Å²) in [5.41, 5.74) is 3.37. The van der Waals surface area contributed by atoms with Gasteiger partial charge >= 0.3 is 0 Å². The van der Waals surface area contributed by atoms with Crippen LogP contribution in [0.3, 0.4) is 0 Å². The molecule has 0 heterocycles. The van der Waals surface area contributed by atoms with Crippen LogP contribution in [0.5, 0.6) is 5.75 Å². The topological polar surface area (TPSA) is 38.3 Å². The van der Waals surface area contributed by atoms with Gasteiger partial charge in [-0.2, -0.15) is 0 Å². The zero-order valence-electron chi connectivity index (χ0n) is 16.3. The van der Waals surface area contributed by atoms with Crippen molar-refractivity contribution in [1.29, 1.82) is 0 Å². The number of rotatable bonds is 6. The fourth-order valence-electron chi connectivity index (χ4n) is 3.45. The van der Waals surface area contributed by atoms with Gasteiger partial charge in [-0.25, -0.2) is 0 Å². The zero-order chi connectivity index (χ0) is 18.8. The molecule has 2 aromatic carbocycles. The average molecular weight is 351 g/mol. The van der Waals surface area contributed by atoms with Crippen molar-refractivity contribution in [1.82, 2.24) is 5.32 Å². The lowest BCUT2D eigenvalue weighted by Gasteiger charge is -2.21. The molecule has 0 aromatic heterocycles. The van der Waals surface area contributed by atoms with Crippen LogP contribution in [-0.2, 0) is 22.0 Å². The van der Waals surface area contributed by atoms with Gasteiger partial charge in [0.25, 0.3) is 0 Å². The molecule has 1 N–H and O–H groups in total. The zero-order valence-corrected chi connectivity index (χ0v) is 16.3. The van der Waals surface area contributed by atoms with E-state index in [1.807, 2.05) is 24.3 Å². The van der Waals surface area contributed by atoms with Gasteiger partial charge in [-0.15, -0.1) is 0 Å². The molecule has 138 valence electrons. The summed E-state index contributed by atoms with van der Waals surface area (Å²) in [4.78, 5) is 12.8. The van der Waals surface area contributed by atoms with Crippen molar-refractivity contribution >= 4 is 5.91 Å². The van der Waals surface area contributed by atoms with Gasteiger partial charge in [0.15, 0.2) is 0 Å². The van der Waals surface area contributed by atoms with E-state index in [2.05, 4.69) is 50.4 Å². The van der Waals surface area contributed by atoms with Crippen molar-refractivity contribution in [2.45, 2.75) is 50.9 Å². The van der Waals surface area contributed by atoms with E-state index in [9.17, 15) is 4.79 Å². The average Bonchev–Trinajstić information content (AvgIpc) is 3.43. The van der Waals surface area contributed by atoms with Gasteiger partial charge in [0.2, 0.25) is 5.91 Å². The van der Waals surface area contributed by atoms with E-state index in [1.54, 1.807) is 7.11 Å². The summed E-state index contributed by atoms with van der Waals surface area (Å²) >= 11 is 0. The van der Waals surface area contributed by atoms with E-state index in [-0.39, 0.29) is 16.7 Å². The first-order chi connectivity index (χ1) is 12.4. The first-order valence-corrected chi connectivity index (χ1v) is 9.38. The molecule has 0 unspecified atom stereocenters. The Morgan fingerprint density at radius 2 is 1.73 bits per heavy atom. The number of carbonyl (C=O) groups is 1. The summed E-state index contributed by atoms with van der Waals surface area (Å²) in [6, 6.07) is 16.6. The van der Waals surface area contributed by atoms with Crippen LogP contribution >= 0.6 is 0 Å². The molecule has 0 aliphatic heterocycles. The third-order valence-electron chi connectivity index (χ3n) is 5.36. The molecule has 26 heavy (non-hydrogen) atoms. The van der Waals surface area contributed by atoms with E-state index in [4.69, 9.17) is 4.74 Å². The molecule has 0 atom stereocenters. The monoisotopic (exact) mass is 351 g/mol. The Balaban J connectivity index is 1.62. The molecule has 3 heteroatoms. The van der Waals surface area contributed by atoms with Crippen molar-refractivity contribution in [3.05, 3.63) is 65.2 Å². The minimum Gasteiger partial charge on any atom is -0.496 e.